The molecule has 4 heterocycles. The summed E-state index contributed by atoms with van der Waals surface area (Å²) in [6.07, 6.45) is 17.2. The van der Waals surface area contributed by atoms with E-state index in [9.17, 15) is 0 Å². The Bertz CT molecular complexity index is 6610. The topological polar surface area (TPSA) is 48.7 Å². The van der Waals surface area contributed by atoms with Crippen LogP contribution in [0.1, 0.15) is 132 Å². The average Bonchev–Trinajstić information content (AvgIpc) is 1.68. The number of anilines is 11. The molecule has 0 atom stereocenters. The standard InChI is InChI=1S/C53H44ClN3.C28H25Cl2N.C25H20N2.C6H5.C4H10B.2CH4.CH3.BI.Na.O.Pt/c1-34-21-23-39(24-22-34)55(40-25-27-41(28-26-40)56-46-15-6-2-11-42(46)43-12-3-7-16-47(43)56)50-19-10-20-51(52(50)54)57-48-17-8-4-13-44(48)53(45-14-5-9-18-49(45)57)37-30-35-29-36(32-37)33-38(53)31-35;29-23-8-5-11-26(27(23)30)31-24-9-3-1-6-21(24)28(22-7-2-4-10-25(22)31)19-13-17-12-18(15-19)16-20(28)14-17;1-18-10-12-19(13-11-18)26-20-14-16-21(17-15-20)27-24-8-4-2-6-22(24)23-7-3-5-9-25(23)27;1-2-4-6-5-3-1;1-2-3-4-5;;;;1-2;;;/h2-28,35-38H,29-33H2,1H3;1-11,17-20H,12-16H2;2-17,26H,1H3;1-5H;5H,2-4H2,1H3;2*1H4;1H3;;;;/q;;;-1;;;;-1;;;;/i;;;;5T;;;;;;;. The van der Waals surface area contributed by atoms with Gasteiger partial charge in [-0.1, -0.05) is 269 Å². The Morgan fingerprint density at radius 2 is 0.716 bits per heavy atom. The van der Waals surface area contributed by atoms with Gasteiger partial charge >= 0.3 is 23.2 Å². The summed E-state index contributed by atoms with van der Waals surface area (Å²) < 4.78 is 19.5. The summed E-state index contributed by atoms with van der Waals surface area (Å²) in [6.45, 7) is 6.37. The molecule has 15 heteroatoms. The number of nitrogens with zero attached hydrogens (tertiary/aromatic N) is 5. The number of fused-ring (bicyclic) bond motifs is 10. The van der Waals surface area contributed by atoms with Gasteiger partial charge in [-0.2, -0.15) is 58.8 Å². The van der Waals surface area contributed by atoms with Crippen molar-refractivity contribution in [3.8, 4) is 11.4 Å². The van der Waals surface area contributed by atoms with Crippen molar-refractivity contribution in [2.75, 3.05) is 20.0 Å². The number of benzene rings is 15. The van der Waals surface area contributed by atoms with Crippen LogP contribution >= 0.6 is 57.2 Å². The molecule has 8 fully saturated rings. The Balaban J connectivity index is 0.000000150. The van der Waals surface area contributed by atoms with E-state index >= 15 is 0 Å². The number of nitrogens with one attached hydrogen (secondary N) is 1. The van der Waals surface area contributed by atoms with Gasteiger partial charge < -0.3 is 36.6 Å². The number of halogens is 4. The van der Waals surface area contributed by atoms with Crippen molar-refractivity contribution >= 4 is 206 Å². The van der Waals surface area contributed by atoms with E-state index in [0.717, 1.165) is 112 Å². The molecule has 17 aromatic rings. The number of rotatable bonds is 12. The minimum absolute atomic E-state index is 0. The first-order valence-corrected chi connectivity index (χ1v) is 49.3. The molecule has 15 aromatic carbocycles. The van der Waals surface area contributed by atoms with Gasteiger partial charge in [0.1, 0.15) is 0 Å². The third-order valence-electron chi connectivity index (χ3n) is 29.3. The van der Waals surface area contributed by atoms with Crippen molar-refractivity contribution in [3.05, 3.63) is 420 Å². The van der Waals surface area contributed by atoms with Crippen LogP contribution < -0.4 is 20.0 Å². The molecule has 8 bridgehead atoms. The number of aryl methyl sites for hydroxylation is 2. The zero-order chi connectivity index (χ0) is 89.9. The maximum atomic E-state index is 8.22. The summed E-state index contributed by atoms with van der Waals surface area (Å²) in [7, 11) is 1.46. The summed E-state index contributed by atoms with van der Waals surface area (Å²) in [5, 5.41) is 10.5. The van der Waals surface area contributed by atoms with E-state index in [-0.39, 0.29) is 62.7 Å². The molecule has 2 aromatic heterocycles. The Kier molecular flexibility index (Phi) is 31.8. The molecule has 2 aliphatic heterocycles. The van der Waals surface area contributed by atoms with E-state index in [1.165, 1.54) is 190 Å². The molecular formula is C119H115B2Cl3IN6NaOPt-2. The number of hydrogen-bond acceptors (Lipinski definition) is 5. The molecule has 7 nitrogen and oxygen atoms in total. The van der Waals surface area contributed by atoms with E-state index in [1.807, 2.05) is 42.5 Å². The molecule has 4 radical (unpaired) electrons. The van der Waals surface area contributed by atoms with Gasteiger partial charge in [-0.25, -0.2) is 0 Å². The van der Waals surface area contributed by atoms with E-state index in [0.29, 0.717) is 21.9 Å². The fourth-order valence-corrected chi connectivity index (χ4v) is 25.3. The van der Waals surface area contributed by atoms with Crippen molar-refractivity contribution < 1.29 is 23.2 Å². The fraction of sp³-hybridized carbons (Fsp3) is 0.235. The first kappa shape index (κ1) is 97.4. The molecule has 1 N–H and O–H groups in total. The van der Waals surface area contributed by atoms with Crippen LogP contribution in [0.25, 0.3) is 55.0 Å². The Morgan fingerprint density at radius 1 is 0.403 bits per heavy atom. The predicted molar refractivity (Wildman–Crippen MR) is 580 cm³/mol. The second-order valence-electron chi connectivity index (χ2n) is 36.5. The second-order valence-corrected chi connectivity index (χ2v) is 37.6. The largest absolute Gasteiger partial charge is 0.184 e. The maximum Gasteiger partial charge on any atom is -0.171 e. The van der Waals surface area contributed by atoms with Crippen LogP contribution in [-0.2, 0) is 34.0 Å². The molecule has 674 valence electrons. The molecule has 0 amide bonds. The van der Waals surface area contributed by atoms with Gasteiger partial charge in [0.25, 0.3) is 0 Å². The molecule has 134 heavy (non-hydrogen) atoms. The third-order valence-corrected chi connectivity index (χ3v) is 30.5. The van der Waals surface area contributed by atoms with Crippen LogP contribution in [0.4, 0.5) is 62.6 Å². The number of para-hydroxylation sites is 8. The number of aromatic nitrogens is 2. The zero-order valence-corrected chi connectivity index (χ0v) is 84.2. The van der Waals surface area contributed by atoms with Gasteiger partial charge in [0, 0.05) is 96.1 Å². The molecule has 8 aliphatic carbocycles. The van der Waals surface area contributed by atoms with E-state index in [2.05, 4.69) is 377 Å². The Hall–Kier alpha value is -9.68. The van der Waals surface area contributed by atoms with Crippen molar-refractivity contribution in [1.29, 1.82) is 1.34 Å². The third kappa shape index (κ3) is 18.2. The van der Waals surface area contributed by atoms with Crippen LogP contribution in [0.2, 0.25) is 21.4 Å². The Labute approximate surface area is 860 Å². The van der Waals surface area contributed by atoms with E-state index in [1.54, 1.807) is 22.4 Å². The van der Waals surface area contributed by atoms with Crippen LogP contribution in [-0.4, -0.2) is 53.5 Å². The summed E-state index contributed by atoms with van der Waals surface area (Å²) in [6, 6.07) is 131. The minimum atomic E-state index is 0. The van der Waals surface area contributed by atoms with E-state index in [4.69, 9.17) is 39.5 Å². The summed E-state index contributed by atoms with van der Waals surface area (Å²) >= 11 is 23.6. The van der Waals surface area contributed by atoms with Crippen LogP contribution in [0, 0.1) is 74.7 Å². The average molecular weight is 2120 g/mol. The van der Waals surface area contributed by atoms with Gasteiger partial charge in [0.15, 0.2) is 5.70 Å². The van der Waals surface area contributed by atoms with Crippen LogP contribution in [0.15, 0.2) is 358 Å². The smallest absolute Gasteiger partial charge is 0.171 e. The monoisotopic (exact) mass is 2120 g/mol. The molecule has 0 saturated heterocycles. The number of unbranched alkanes of at least 4 members (excludes halogenated alkanes) is 1. The normalized spacial score (nSPS) is 18.9. The molecule has 10 aliphatic rings. The summed E-state index contributed by atoms with van der Waals surface area (Å²) in [4.78, 5) is 7.16. The van der Waals surface area contributed by atoms with Crippen LogP contribution in [0.5, 0.6) is 0 Å². The van der Waals surface area contributed by atoms with Crippen molar-refractivity contribution in [1.82, 2.24) is 9.13 Å². The zero-order valence-electron chi connectivity index (χ0n) is 76.5. The first-order valence-electron chi connectivity index (χ1n) is 46.6. The minimum Gasteiger partial charge on any atom is -0.184 e. The number of hydrogen-bond donors (Lipinski definition) is 1. The van der Waals surface area contributed by atoms with Gasteiger partial charge in [-0.3, -0.25) is 0 Å². The van der Waals surface area contributed by atoms with Crippen LogP contribution in [0.3, 0.4) is 0 Å². The summed E-state index contributed by atoms with van der Waals surface area (Å²) in [5.74, 6) is 6.51. The SMILES string of the molecule is C.C.Cc1ccc(N(c2ccc(-n3c4ccccc4c4ccccc43)cc2)c2cccc(N3c4ccccc4C4(c5ccccc53)C3CC5CC(C3)CC4C5)c2Cl)cc1.Cc1ccc(Nc2ccc(-n3c4ccccc4c4ccccc43)cc2)cc1.Clc1cccc(N2c3ccccc3C3(c4ccccc42)C2CC4CC(C2)CC3C4)c1Cl.[3H][B]CCCC.[B]I.[CH3-].[Na].[O]=[Pt].[c-]1ccccc1. The van der Waals surface area contributed by atoms with E-state index < -0.39 is 0 Å². The first-order chi connectivity index (χ1) is 64.5. The Morgan fingerprint density at radius 3 is 1.06 bits per heavy atom. The maximum absolute atomic E-state index is 8.22. The van der Waals surface area contributed by atoms with Crippen molar-refractivity contribution in [3.63, 3.8) is 0 Å². The van der Waals surface area contributed by atoms with Crippen molar-refractivity contribution in [2.45, 2.75) is 130 Å². The van der Waals surface area contributed by atoms with Gasteiger partial charge in [0.2, 0.25) is 0 Å². The molecule has 8 saturated carbocycles. The summed E-state index contributed by atoms with van der Waals surface area (Å²) in [5.41, 5.74) is 32.6. The molecule has 2 spiro atoms. The van der Waals surface area contributed by atoms with Gasteiger partial charge in [-0.05, 0) is 295 Å². The molecule has 0 unspecified atom stereocenters. The fourth-order valence-electron chi connectivity index (χ4n) is 24.6. The second kappa shape index (κ2) is 43.8. The quantitative estimate of drug-likeness (QED) is 0.0572. The van der Waals surface area contributed by atoms with Gasteiger partial charge in [-0.15, -0.1) is 0 Å². The predicted octanol–water partition coefficient (Wildman–Crippen LogP) is 34.4. The molecule has 27 rings (SSSR count). The van der Waals surface area contributed by atoms with Crippen molar-refractivity contribution in [2.24, 2.45) is 47.3 Å². The molecular weight excluding hydrogens is 2000 g/mol. The van der Waals surface area contributed by atoms with Gasteiger partial charge in [0.05, 0.1) is 84.8 Å².